The van der Waals surface area contributed by atoms with Gasteiger partial charge >= 0.3 is 5.97 Å². The molecular weight excluding hydrogens is 323 g/mol. The van der Waals surface area contributed by atoms with Gasteiger partial charge in [-0.2, -0.15) is 0 Å². The lowest BCUT2D eigenvalue weighted by atomic mass is 10.1. The Morgan fingerprint density at radius 3 is 2.84 bits per heavy atom. The molecule has 2 aromatic rings. The summed E-state index contributed by atoms with van der Waals surface area (Å²) in [5.74, 6) is 0.684. The first-order valence-corrected chi connectivity index (χ1v) is 8.35. The zero-order valence-electron chi connectivity index (χ0n) is 14.4. The average Bonchev–Trinajstić information content (AvgIpc) is 2.63. The number of rotatable bonds is 4. The fraction of sp³-hybridized carbons (Fsp3) is 0.389. The first-order valence-electron chi connectivity index (χ1n) is 8.35. The van der Waals surface area contributed by atoms with Crippen molar-refractivity contribution in [2.45, 2.75) is 19.9 Å². The molecule has 1 saturated heterocycles. The molecule has 0 amide bonds. The van der Waals surface area contributed by atoms with Gasteiger partial charge in [0.25, 0.3) is 0 Å². The molecule has 0 spiro atoms. The summed E-state index contributed by atoms with van der Waals surface area (Å²) in [6.07, 6.45) is 2.91. The van der Waals surface area contributed by atoms with Crippen LogP contribution >= 0.6 is 0 Å². The number of nitrogens with zero attached hydrogens (tertiary/aromatic N) is 4. The Kier molecular flexibility index (Phi) is 5.11. The maximum Gasteiger partial charge on any atom is 0.341 e. The average molecular weight is 344 g/mol. The van der Waals surface area contributed by atoms with E-state index in [0.717, 1.165) is 5.82 Å². The summed E-state index contributed by atoms with van der Waals surface area (Å²) in [5.41, 5.74) is 0.477. The van der Waals surface area contributed by atoms with Crippen molar-refractivity contribution >= 4 is 17.6 Å². The van der Waals surface area contributed by atoms with Crippen LogP contribution in [0.2, 0.25) is 0 Å². The van der Waals surface area contributed by atoms with Gasteiger partial charge in [0, 0.05) is 31.9 Å². The van der Waals surface area contributed by atoms with Crippen molar-refractivity contribution in [3.63, 3.8) is 0 Å². The van der Waals surface area contributed by atoms with Crippen molar-refractivity contribution in [2.24, 2.45) is 0 Å². The van der Waals surface area contributed by atoms with Crippen LogP contribution in [0.3, 0.4) is 0 Å². The summed E-state index contributed by atoms with van der Waals surface area (Å²) in [6, 6.07) is 6.71. The second kappa shape index (κ2) is 7.46. The number of pyridine rings is 2. The Hall–Kier alpha value is -2.70. The zero-order chi connectivity index (χ0) is 17.8. The van der Waals surface area contributed by atoms with Crippen LogP contribution in [0.1, 0.15) is 24.2 Å². The van der Waals surface area contributed by atoms with E-state index in [1.165, 1.54) is 12.3 Å². The van der Waals surface area contributed by atoms with Crippen molar-refractivity contribution in [1.29, 1.82) is 0 Å². The molecular formula is C18H21FN4O2. The molecule has 6 nitrogen and oxygen atoms in total. The molecule has 7 heteroatoms. The Balaban J connectivity index is 1.77. The molecule has 1 aliphatic rings. The Bertz CT molecular complexity index is 738. The molecule has 0 saturated carbocycles. The van der Waals surface area contributed by atoms with E-state index in [4.69, 9.17) is 4.74 Å². The molecule has 25 heavy (non-hydrogen) atoms. The molecule has 1 aliphatic heterocycles. The molecule has 0 N–H and O–H groups in total. The fourth-order valence-electron chi connectivity index (χ4n) is 3.05. The Labute approximate surface area is 146 Å². The van der Waals surface area contributed by atoms with E-state index < -0.39 is 0 Å². The lowest BCUT2D eigenvalue weighted by molar-refractivity contribution is 0.0526. The number of carbonyl (C=O) groups is 1. The third-order valence-corrected chi connectivity index (χ3v) is 4.22. The third-order valence-electron chi connectivity index (χ3n) is 4.22. The van der Waals surface area contributed by atoms with Gasteiger partial charge in [0.05, 0.1) is 12.8 Å². The molecule has 2 aromatic heterocycles. The van der Waals surface area contributed by atoms with Gasteiger partial charge in [0.15, 0.2) is 0 Å². The summed E-state index contributed by atoms with van der Waals surface area (Å²) < 4.78 is 18.2. The molecule has 0 bridgehead atoms. The van der Waals surface area contributed by atoms with Gasteiger partial charge in [0.2, 0.25) is 0 Å². The minimum atomic E-state index is -0.360. The Morgan fingerprint density at radius 2 is 2.16 bits per heavy atom. The van der Waals surface area contributed by atoms with Crippen molar-refractivity contribution in [2.75, 3.05) is 36.0 Å². The van der Waals surface area contributed by atoms with Crippen LogP contribution in [0.25, 0.3) is 0 Å². The number of halogens is 1. The van der Waals surface area contributed by atoms with Crippen LogP contribution in [0, 0.1) is 5.82 Å². The van der Waals surface area contributed by atoms with Gasteiger partial charge in [0.1, 0.15) is 23.0 Å². The molecule has 0 aromatic carbocycles. The highest BCUT2D eigenvalue weighted by atomic mass is 19.1. The predicted octanol–water partition coefficient (Wildman–Crippen LogP) is 2.51. The van der Waals surface area contributed by atoms with Gasteiger partial charge in [-0.1, -0.05) is 0 Å². The topological polar surface area (TPSA) is 58.6 Å². The van der Waals surface area contributed by atoms with Crippen LogP contribution in [-0.2, 0) is 4.74 Å². The third kappa shape index (κ3) is 3.70. The van der Waals surface area contributed by atoms with Gasteiger partial charge in [-0.15, -0.1) is 0 Å². The number of carbonyl (C=O) groups excluding carboxylic acids is 1. The highest BCUT2D eigenvalue weighted by molar-refractivity contribution is 5.94. The minimum absolute atomic E-state index is 0.142. The molecule has 3 rings (SSSR count). The first kappa shape index (κ1) is 17.1. The van der Waals surface area contributed by atoms with Gasteiger partial charge < -0.3 is 14.5 Å². The van der Waals surface area contributed by atoms with E-state index >= 15 is 0 Å². The van der Waals surface area contributed by atoms with E-state index in [2.05, 4.69) is 26.7 Å². The van der Waals surface area contributed by atoms with Crippen LogP contribution < -0.4 is 9.80 Å². The van der Waals surface area contributed by atoms with Crippen LogP contribution in [0.4, 0.5) is 16.0 Å². The number of aromatic nitrogens is 2. The normalized spacial score (nSPS) is 17.5. The number of hydrogen-bond acceptors (Lipinski definition) is 6. The highest BCUT2D eigenvalue weighted by Gasteiger charge is 2.28. The van der Waals surface area contributed by atoms with Crippen molar-refractivity contribution < 1.29 is 13.9 Å². The highest BCUT2D eigenvalue weighted by Crippen LogP contribution is 2.24. The SMILES string of the molecule is CCOC(=O)c1cccnc1N1CCN(c2ccc(F)cn2)C(C)C1. The molecule has 0 aliphatic carbocycles. The molecule has 1 fully saturated rings. The fourth-order valence-corrected chi connectivity index (χ4v) is 3.05. The standard InChI is InChI=1S/C18H21FN4O2/c1-3-25-18(24)15-5-4-8-20-17(15)22-9-10-23(13(2)12-22)16-7-6-14(19)11-21-16/h4-8,11,13H,3,9-10,12H2,1-2H3. The van der Waals surface area contributed by atoms with Crippen LogP contribution in [0.5, 0.6) is 0 Å². The number of ether oxygens (including phenoxy) is 1. The van der Waals surface area contributed by atoms with Gasteiger partial charge in [-0.3, -0.25) is 0 Å². The quantitative estimate of drug-likeness (QED) is 0.795. The lowest BCUT2D eigenvalue weighted by Gasteiger charge is -2.41. The van der Waals surface area contributed by atoms with Crippen LogP contribution in [0.15, 0.2) is 36.7 Å². The summed E-state index contributed by atoms with van der Waals surface area (Å²) in [6.45, 7) is 6.26. The summed E-state index contributed by atoms with van der Waals surface area (Å²) in [4.78, 5) is 24.9. The summed E-state index contributed by atoms with van der Waals surface area (Å²) in [7, 11) is 0. The van der Waals surface area contributed by atoms with Gasteiger partial charge in [-0.05, 0) is 38.1 Å². The molecule has 3 heterocycles. The summed E-state index contributed by atoms with van der Waals surface area (Å²) in [5, 5.41) is 0. The first-order chi connectivity index (χ1) is 12.1. The van der Waals surface area contributed by atoms with E-state index in [0.29, 0.717) is 37.6 Å². The maximum atomic E-state index is 13.1. The second-order valence-electron chi connectivity index (χ2n) is 5.92. The number of anilines is 2. The van der Waals surface area contributed by atoms with E-state index in [1.54, 1.807) is 31.3 Å². The maximum absolute atomic E-state index is 13.1. The van der Waals surface area contributed by atoms with E-state index in [1.807, 2.05) is 0 Å². The Morgan fingerprint density at radius 1 is 1.32 bits per heavy atom. The van der Waals surface area contributed by atoms with E-state index in [9.17, 15) is 9.18 Å². The lowest BCUT2D eigenvalue weighted by Crippen LogP contribution is -2.53. The van der Waals surface area contributed by atoms with Crippen molar-refractivity contribution in [3.05, 3.63) is 48.0 Å². The summed E-state index contributed by atoms with van der Waals surface area (Å²) >= 11 is 0. The minimum Gasteiger partial charge on any atom is -0.462 e. The van der Waals surface area contributed by atoms with E-state index in [-0.39, 0.29) is 17.8 Å². The number of esters is 1. The number of hydrogen-bond donors (Lipinski definition) is 0. The smallest absolute Gasteiger partial charge is 0.341 e. The molecule has 0 radical (unpaired) electrons. The molecule has 1 atom stereocenters. The van der Waals surface area contributed by atoms with Crippen molar-refractivity contribution in [3.8, 4) is 0 Å². The zero-order valence-corrected chi connectivity index (χ0v) is 14.4. The van der Waals surface area contributed by atoms with Crippen LogP contribution in [-0.4, -0.2) is 48.2 Å². The van der Waals surface area contributed by atoms with Gasteiger partial charge in [-0.25, -0.2) is 19.2 Å². The molecule has 132 valence electrons. The van der Waals surface area contributed by atoms with Crippen molar-refractivity contribution in [1.82, 2.24) is 9.97 Å². The predicted molar refractivity (Wildman–Crippen MR) is 93.4 cm³/mol. The molecule has 1 unspecified atom stereocenters. The second-order valence-corrected chi connectivity index (χ2v) is 5.92. The monoisotopic (exact) mass is 344 g/mol. The largest absolute Gasteiger partial charge is 0.462 e. The number of piperazine rings is 1.